The number of alkyl halides is 1. The molecule has 0 aliphatic carbocycles. The van der Waals surface area contributed by atoms with Crippen molar-refractivity contribution in [2.45, 2.75) is 25.3 Å². The quantitative estimate of drug-likeness (QED) is 0.835. The van der Waals surface area contributed by atoms with E-state index in [1.807, 2.05) is 30.3 Å². The number of hydrogen-bond acceptors (Lipinski definition) is 2. The Morgan fingerprint density at radius 2 is 2.06 bits per heavy atom. The molecule has 1 N–H and O–H groups in total. The average molecular weight is 253 g/mol. The first kappa shape index (κ1) is 12.4. The monoisotopic (exact) mass is 252 g/mol. The van der Waals surface area contributed by atoms with Crippen LogP contribution in [0.4, 0.5) is 0 Å². The van der Waals surface area contributed by atoms with Crippen LogP contribution in [-0.4, -0.2) is 23.3 Å². The third kappa shape index (κ3) is 3.20. The molecule has 17 heavy (non-hydrogen) atoms. The molecule has 1 saturated heterocycles. The Labute approximate surface area is 107 Å². The van der Waals surface area contributed by atoms with Gasteiger partial charge in [-0.1, -0.05) is 30.3 Å². The van der Waals surface area contributed by atoms with Gasteiger partial charge < -0.3 is 0 Å². The summed E-state index contributed by atoms with van der Waals surface area (Å²) in [7, 11) is 0. The van der Waals surface area contributed by atoms with Crippen LogP contribution in [-0.2, 0) is 4.79 Å². The van der Waals surface area contributed by atoms with E-state index in [0.717, 1.165) is 24.9 Å². The summed E-state index contributed by atoms with van der Waals surface area (Å²) in [5, 5.41) is 1.71. The van der Waals surface area contributed by atoms with Gasteiger partial charge >= 0.3 is 0 Å². The second kappa shape index (κ2) is 6.03. The summed E-state index contributed by atoms with van der Waals surface area (Å²) in [4.78, 5) is 11.7. The molecule has 1 aliphatic rings. The molecule has 1 fully saturated rings. The number of nitrogens with one attached hydrogen (secondary N) is 1. The molecule has 0 spiro atoms. The molecular formula is C13H17ClN2O. The molecule has 1 atom stereocenters. The zero-order valence-electron chi connectivity index (χ0n) is 9.73. The fourth-order valence-corrected chi connectivity index (χ4v) is 2.26. The second-order valence-electron chi connectivity index (χ2n) is 4.25. The summed E-state index contributed by atoms with van der Waals surface area (Å²) in [5.41, 5.74) is 4.34. The highest BCUT2D eigenvalue weighted by molar-refractivity contribution is 6.18. The molecule has 2 rings (SSSR count). The lowest BCUT2D eigenvalue weighted by Crippen LogP contribution is -2.47. The van der Waals surface area contributed by atoms with E-state index < -0.39 is 0 Å². The molecule has 1 aromatic rings. The van der Waals surface area contributed by atoms with Crippen molar-refractivity contribution in [2.24, 2.45) is 0 Å². The van der Waals surface area contributed by atoms with Gasteiger partial charge in [-0.2, -0.15) is 0 Å². The summed E-state index contributed by atoms with van der Waals surface area (Å²) in [6.45, 7) is 0.777. The van der Waals surface area contributed by atoms with Crippen LogP contribution in [0.1, 0.15) is 30.9 Å². The minimum atomic E-state index is -0.0000772. The summed E-state index contributed by atoms with van der Waals surface area (Å²) >= 11 is 5.97. The van der Waals surface area contributed by atoms with Crippen LogP contribution in [0.5, 0.6) is 0 Å². The maximum Gasteiger partial charge on any atom is 0.236 e. The van der Waals surface area contributed by atoms with Gasteiger partial charge in [0, 0.05) is 18.8 Å². The molecule has 92 valence electrons. The predicted octanol–water partition coefficient (Wildman–Crippen LogP) is 2.48. The van der Waals surface area contributed by atoms with Crippen molar-refractivity contribution in [1.82, 2.24) is 10.4 Å². The van der Waals surface area contributed by atoms with E-state index in [2.05, 4.69) is 5.43 Å². The highest BCUT2D eigenvalue weighted by Crippen LogP contribution is 2.17. The number of piperidine rings is 1. The van der Waals surface area contributed by atoms with E-state index in [-0.39, 0.29) is 11.9 Å². The van der Waals surface area contributed by atoms with E-state index >= 15 is 0 Å². The minimum absolute atomic E-state index is 0.0000772. The first-order valence-corrected chi connectivity index (χ1v) is 6.52. The maximum atomic E-state index is 11.7. The number of rotatable bonds is 4. The van der Waals surface area contributed by atoms with Crippen molar-refractivity contribution in [3.05, 3.63) is 35.9 Å². The molecular weight excluding hydrogens is 236 g/mol. The smallest absolute Gasteiger partial charge is 0.236 e. The Morgan fingerprint density at radius 3 is 2.71 bits per heavy atom. The molecule has 4 heteroatoms. The third-order valence-electron chi connectivity index (χ3n) is 2.99. The molecule has 1 aliphatic heterocycles. The molecule has 0 aromatic heterocycles. The topological polar surface area (TPSA) is 32.3 Å². The van der Waals surface area contributed by atoms with Gasteiger partial charge in [-0.15, -0.1) is 11.6 Å². The molecule has 1 heterocycles. The lowest BCUT2D eigenvalue weighted by Gasteiger charge is -2.31. The Morgan fingerprint density at radius 1 is 1.29 bits per heavy atom. The molecule has 0 bridgehead atoms. The van der Waals surface area contributed by atoms with Gasteiger partial charge in [0.25, 0.3) is 0 Å². The van der Waals surface area contributed by atoms with Crippen molar-refractivity contribution >= 4 is 17.5 Å². The zero-order valence-corrected chi connectivity index (χ0v) is 10.5. The average Bonchev–Trinajstić information content (AvgIpc) is 2.39. The Bertz CT molecular complexity index is 369. The summed E-state index contributed by atoms with van der Waals surface area (Å²) in [5.74, 6) is 0.621. The lowest BCUT2D eigenvalue weighted by atomic mass is 10.1. The first-order valence-electron chi connectivity index (χ1n) is 5.98. The summed E-state index contributed by atoms with van der Waals surface area (Å²) in [6.07, 6.45) is 2.69. The van der Waals surface area contributed by atoms with E-state index in [1.54, 1.807) is 5.01 Å². The Balaban J connectivity index is 2.02. The zero-order chi connectivity index (χ0) is 12.1. The van der Waals surface area contributed by atoms with Crippen LogP contribution in [0, 0.1) is 0 Å². The van der Waals surface area contributed by atoms with Gasteiger partial charge in [-0.05, 0) is 18.4 Å². The Hall–Kier alpha value is -1.06. The van der Waals surface area contributed by atoms with E-state index in [0.29, 0.717) is 12.3 Å². The summed E-state index contributed by atoms with van der Waals surface area (Å²) < 4.78 is 0. The van der Waals surface area contributed by atoms with Gasteiger partial charge in [0.1, 0.15) is 0 Å². The van der Waals surface area contributed by atoms with Gasteiger partial charge in [0.15, 0.2) is 0 Å². The van der Waals surface area contributed by atoms with Crippen molar-refractivity contribution < 1.29 is 4.79 Å². The Kier molecular flexibility index (Phi) is 4.40. The molecule has 3 nitrogen and oxygen atoms in total. The van der Waals surface area contributed by atoms with Crippen molar-refractivity contribution in [1.29, 1.82) is 0 Å². The molecule has 1 aromatic carbocycles. The van der Waals surface area contributed by atoms with Crippen molar-refractivity contribution in [3.63, 3.8) is 0 Å². The highest BCUT2D eigenvalue weighted by atomic mass is 35.5. The van der Waals surface area contributed by atoms with Crippen molar-refractivity contribution in [2.75, 3.05) is 12.4 Å². The first-order chi connectivity index (χ1) is 8.31. The SMILES string of the molecule is O=C1CCCCN1NC(CCl)c1ccccc1. The minimum Gasteiger partial charge on any atom is -0.277 e. The summed E-state index contributed by atoms with van der Waals surface area (Å²) in [6, 6.07) is 9.98. The number of amides is 1. The largest absolute Gasteiger partial charge is 0.277 e. The van der Waals surface area contributed by atoms with E-state index in [1.165, 1.54) is 0 Å². The van der Waals surface area contributed by atoms with Gasteiger partial charge in [0.2, 0.25) is 5.91 Å². The predicted molar refractivity (Wildman–Crippen MR) is 68.6 cm³/mol. The van der Waals surface area contributed by atoms with Crippen LogP contribution in [0.25, 0.3) is 0 Å². The van der Waals surface area contributed by atoms with E-state index in [4.69, 9.17) is 11.6 Å². The van der Waals surface area contributed by atoms with Crippen LogP contribution < -0.4 is 5.43 Å². The van der Waals surface area contributed by atoms with Gasteiger partial charge in [0.05, 0.1) is 6.04 Å². The van der Waals surface area contributed by atoms with Crippen LogP contribution in [0.15, 0.2) is 30.3 Å². The number of hydrogen-bond donors (Lipinski definition) is 1. The van der Waals surface area contributed by atoms with Gasteiger partial charge in [-0.25, -0.2) is 5.43 Å². The van der Waals surface area contributed by atoms with Crippen LogP contribution in [0.2, 0.25) is 0 Å². The molecule has 1 unspecified atom stereocenters. The number of nitrogens with zero attached hydrogens (tertiary/aromatic N) is 1. The lowest BCUT2D eigenvalue weighted by molar-refractivity contribution is -0.137. The molecule has 0 saturated carbocycles. The fourth-order valence-electron chi connectivity index (χ4n) is 2.01. The normalized spacial score (nSPS) is 18.2. The van der Waals surface area contributed by atoms with Crippen molar-refractivity contribution in [3.8, 4) is 0 Å². The molecule has 1 amide bonds. The fraction of sp³-hybridized carbons (Fsp3) is 0.462. The third-order valence-corrected chi connectivity index (χ3v) is 3.30. The standard InChI is InChI=1S/C13H17ClN2O/c14-10-12(11-6-2-1-3-7-11)15-16-9-5-4-8-13(16)17/h1-3,6-7,12,15H,4-5,8-10H2. The number of benzene rings is 1. The maximum absolute atomic E-state index is 11.7. The number of hydrazine groups is 1. The second-order valence-corrected chi connectivity index (χ2v) is 4.56. The van der Waals surface area contributed by atoms with Crippen LogP contribution in [0.3, 0.4) is 0 Å². The van der Waals surface area contributed by atoms with E-state index in [9.17, 15) is 4.79 Å². The van der Waals surface area contributed by atoms with Crippen LogP contribution >= 0.6 is 11.6 Å². The molecule has 0 radical (unpaired) electrons. The highest BCUT2D eigenvalue weighted by Gasteiger charge is 2.21. The number of halogens is 1. The van der Waals surface area contributed by atoms with Gasteiger partial charge in [-0.3, -0.25) is 9.80 Å². The number of carbonyl (C=O) groups excluding carboxylic acids is 1. The number of carbonyl (C=O) groups is 1.